The average Bonchev–Trinajstić information content (AvgIpc) is 2.90. The molecule has 0 aliphatic carbocycles. The van der Waals surface area contributed by atoms with Gasteiger partial charge in [0.2, 0.25) is 0 Å². The normalized spacial score (nSPS) is 10.9. The highest BCUT2D eigenvalue weighted by molar-refractivity contribution is 5.39. The van der Waals surface area contributed by atoms with E-state index in [1.807, 2.05) is 24.3 Å². The Morgan fingerprint density at radius 3 is 1.19 bits per heavy atom. The van der Waals surface area contributed by atoms with Gasteiger partial charge in [-0.15, -0.1) is 0 Å². The maximum atomic E-state index is 5.83. The number of hydrogen-bond acceptors (Lipinski definition) is 6. The minimum absolute atomic E-state index is 0.438. The summed E-state index contributed by atoms with van der Waals surface area (Å²) in [7, 11) is 0. The molecule has 36 heavy (non-hydrogen) atoms. The molecule has 3 aromatic rings. The van der Waals surface area contributed by atoms with Gasteiger partial charge in [0.1, 0.15) is 13.2 Å². The van der Waals surface area contributed by atoms with E-state index in [1.54, 1.807) is 0 Å². The van der Waals surface area contributed by atoms with Crippen LogP contribution in [-0.2, 0) is 32.2 Å². The molecule has 0 aliphatic rings. The first-order valence-corrected chi connectivity index (χ1v) is 12.5. The number of hydrogen-bond donors (Lipinski definition) is 0. The molecular weight excluding hydrogens is 456 g/mol. The molecule has 0 N–H and O–H groups in total. The minimum atomic E-state index is 0.438. The molecule has 0 heterocycles. The third kappa shape index (κ3) is 11.2. The van der Waals surface area contributed by atoms with Crippen molar-refractivity contribution in [2.45, 2.75) is 27.1 Å². The van der Waals surface area contributed by atoms with Gasteiger partial charge in [-0.3, -0.25) is 0 Å². The first-order valence-electron chi connectivity index (χ1n) is 12.5. The van der Waals surface area contributed by atoms with Crippen LogP contribution in [0.4, 0.5) is 0 Å². The quantitative estimate of drug-likeness (QED) is 0.217. The molecule has 6 heteroatoms. The summed E-state index contributed by atoms with van der Waals surface area (Å²) in [6.45, 7) is 9.32. The average molecular weight is 495 g/mol. The molecule has 0 aliphatic heterocycles. The third-order valence-corrected chi connectivity index (χ3v) is 5.34. The van der Waals surface area contributed by atoms with Crippen molar-refractivity contribution in [2.75, 3.05) is 52.9 Å². The van der Waals surface area contributed by atoms with Gasteiger partial charge in [-0.05, 0) is 37.1 Å². The number of ether oxygens (including phenoxy) is 6. The smallest absolute Gasteiger partial charge is 0.161 e. The molecule has 0 fully saturated rings. The molecule has 6 nitrogen and oxygen atoms in total. The van der Waals surface area contributed by atoms with Crippen molar-refractivity contribution < 1.29 is 28.4 Å². The van der Waals surface area contributed by atoms with Crippen LogP contribution in [0, 0.1) is 13.8 Å². The molecule has 0 saturated carbocycles. The van der Waals surface area contributed by atoms with Gasteiger partial charge in [0.25, 0.3) is 0 Å². The summed E-state index contributed by atoms with van der Waals surface area (Å²) in [5, 5.41) is 0. The molecule has 194 valence electrons. The predicted octanol–water partition coefficient (Wildman–Crippen LogP) is 5.53. The van der Waals surface area contributed by atoms with Crippen LogP contribution in [0.5, 0.6) is 11.5 Å². The first kappa shape index (κ1) is 27.7. The Balaban J connectivity index is 1.18. The molecule has 0 amide bonds. The highest BCUT2D eigenvalue weighted by Gasteiger charge is 2.04. The summed E-state index contributed by atoms with van der Waals surface area (Å²) in [4.78, 5) is 0. The topological polar surface area (TPSA) is 55.4 Å². The van der Waals surface area contributed by atoms with Crippen LogP contribution in [0.3, 0.4) is 0 Å². The molecule has 0 saturated heterocycles. The van der Waals surface area contributed by atoms with Gasteiger partial charge in [-0.1, -0.05) is 71.8 Å². The van der Waals surface area contributed by atoms with E-state index < -0.39 is 0 Å². The van der Waals surface area contributed by atoms with Gasteiger partial charge < -0.3 is 28.4 Å². The van der Waals surface area contributed by atoms with Gasteiger partial charge in [0.05, 0.1) is 52.9 Å². The van der Waals surface area contributed by atoms with Crippen LogP contribution < -0.4 is 9.47 Å². The fraction of sp³-hybridized carbons (Fsp3) is 0.400. The Labute approximate surface area is 215 Å². The molecule has 0 atom stereocenters. The summed E-state index contributed by atoms with van der Waals surface area (Å²) in [6, 6.07) is 24.3. The van der Waals surface area contributed by atoms with Crippen molar-refractivity contribution in [1.29, 1.82) is 0 Å². The lowest BCUT2D eigenvalue weighted by Gasteiger charge is -2.13. The van der Waals surface area contributed by atoms with Crippen LogP contribution in [0.2, 0.25) is 0 Å². The lowest BCUT2D eigenvalue weighted by atomic mass is 10.2. The highest BCUT2D eigenvalue weighted by Crippen LogP contribution is 2.26. The lowest BCUT2D eigenvalue weighted by molar-refractivity contribution is 0.0274. The van der Waals surface area contributed by atoms with Crippen LogP contribution >= 0.6 is 0 Å². The van der Waals surface area contributed by atoms with E-state index in [0.717, 1.165) is 11.1 Å². The van der Waals surface area contributed by atoms with Gasteiger partial charge in [-0.2, -0.15) is 0 Å². The minimum Gasteiger partial charge on any atom is -0.487 e. The Hall–Kier alpha value is -2.90. The molecule has 0 bridgehead atoms. The molecule has 0 aromatic heterocycles. The zero-order chi connectivity index (χ0) is 25.3. The highest BCUT2D eigenvalue weighted by atomic mass is 16.6. The van der Waals surface area contributed by atoms with Gasteiger partial charge in [0.15, 0.2) is 11.5 Å². The number of para-hydroxylation sites is 2. The standard InChI is InChI=1S/C30H38O6/c1-25-7-11-27(12-8-25)23-33-17-15-31-19-21-35-29-5-3-4-6-30(29)36-22-20-32-16-18-34-24-28-13-9-26(2)10-14-28/h3-14H,15-24H2,1-2H3. The zero-order valence-corrected chi connectivity index (χ0v) is 21.4. The second-order valence-corrected chi connectivity index (χ2v) is 8.44. The summed E-state index contributed by atoms with van der Waals surface area (Å²) < 4.78 is 34.2. The second-order valence-electron chi connectivity index (χ2n) is 8.44. The Bertz CT molecular complexity index is 891. The summed E-state index contributed by atoms with van der Waals surface area (Å²) >= 11 is 0. The molecule has 3 rings (SSSR count). The van der Waals surface area contributed by atoms with E-state index in [9.17, 15) is 0 Å². The van der Waals surface area contributed by atoms with E-state index in [-0.39, 0.29) is 0 Å². The lowest BCUT2D eigenvalue weighted by Crippen LogP contribution is -2.13. The maximum Gasteiger partial charge on any atom is 0.161 e. The largest absolute Gasteiger partial charge is 0.487 e. The van der Waals surface area contributed by atoms with Crippen molar-refractivity contribution in [1.82, 2.24) is 0 Å². The number of aryl methyl sites for hydroxylation is 2. The van der Waals surface area contributed by atoms with Crippen LogP contribution in [-0.4, -0.2) is 52.9 Å². The second kappa shape index (κ2) is 16.7. The van der Waals surface area contributed by atoms with Gasteiger partial charge >= 0.3 is 0 Å². The van der Waals surface area contributed by atoms with Crippen LogP contribution in [0.25, 0.3) is 0 Å². The van der Waals surface area contributed by atoms with E-state index in [4.69, 9.17) is 28.4 Å². The van der Waals surface area contributed by atoms with Crippen LogP contribution in [0.1, 0.15) is 22.3 Å². The molecular formula is C30H38O6. The maximum absolute atomic E-state index is 5.83. The SMILES string of the molecule is Cc1ccc(COCCOCCOc2ccccc2OCCOCCOCc2ccc(C)cc2)cc1. The molecule has 3 aromatic carbocycles. The van der Waals surface area contributed by atoms with Crippen molar-refractivity contribution in [3.63, 3.8) is 0 Å². The van der Waals surface area contributed by atoms with Gasteiger partial charge in [0, 0.05) is 0 Å². The Morgan fingerprint density at radius 1 is 0.417 bits per heavy atom. The Kier molecular flexibility index (Phi) is 12.9. The van der Waals surface area contributed by atoms with Crippen LogP contribution in [0.15, 0.2) is 72.8 Å². The fourth-order valence-corrected chi connectivity index (χ4v) is 3.30. The first-order chi connectivity index (χ1) is 17.7. The van der Waals surface area contributed by atoms with Gasteiger partial charge in [-0.25, -0.2) is 0 Å². The zero-order valence-electron chi connectivity index (χ0n) is 21.4. The fourth-order valence-electron chi connectivity index (χ4n) is 3.30. The van der Waals surface area contributed by atoms with E-state index in [1.165, 1.54) is 11.1 Å². The molecule has 0 spiro atoms. The predicted molar refractivity (Wildman–Crippen MR) is 141 cm³/mol. The third-order valence-electron chi connectivity index (χ3n) is 5.34. The number of rotatable bonds is 18. The van der Waals surface area contributed by atoms with Crippen molar-refractivity contribution >= 4 is 0 Å². The van der Waals surface area contributed by atoms with E-state index >= 15 is 0 Å². The molecule has 0 radical (unpaired) electrons. The van der Waals surface area contributed by atoms with Crippen molar-refractivity contribution in [3.8, 4) is 11.5 Å². The number of benzene rings is 3. The van der Waals surface area contributed by atoms with Crippen molar-refractivity contribution in [3.05, 3.63) is 95.1 Å². The van der Waals surface area contributed by atoms with E-state index in [2.05, 4.69) is 62.4 Å². The summed E-state index contributed by atoms with van der Waals surface area (Å²) in [5.41, 5.74) is 4.82. The monoisotopic (exact) mass is 494 g/mol. The molecule has 0 unspecified atom stereocenters. The van der Waals surface area contributed by atoms with E-state index in [0.29, 0.717) is 77.6 Å². The summed E-state index contributed by atoms with van der Waals surface area (Å²) in [5.74, 6) is 1.39. The van der Waals surface area contributed by atoms with Crippen molar-refractivity contribution in [2.24, 2.45) is 0 Å². The Morgan fingerprint density at radius 2 is 0.778 bits per heavy atom. The summed E-state index contributed by atoms with van der Waals surface area (Å²) in [6.07, 6.45) is 0.